The molecule has 1 saturated carbocycles. The number of aromatic nitrogens is 5. The van der Waals surface area contributed by atoms with Gasteiger partial charge in [0.05, 0.1) is 17.8 Å². The molecule has 0 amide bonds. The largest absolute Gasteiger partial charge is 0.396 e. The smallest absolute Gasteiger partial charge is 0.224 e. The first kappa shape index (κ1) is 20.1. The molecule has 2 aliphatic rings. The molecule has 5 rings (SSSR count). The van der Waals surface area contributed by atoms with Crippen molar-refractivity contribution in [2.75, 3.05) is 6.61 Å². The van der Waals surface area contributed by atoms with E-state index in [1.807, 2.05) is 38.1 Å². The van der Waals surface area contributed by atoms with Crippen LogP contribution >= 0.6 is 23.2 Å². The molecule has 1 saturated heterocycles. The molecule has 10 heteroatoms. The topological polar surface area (TPSA) is 95.2 Å². The minimum atomic E-state index is -0.723. The normalized spacial score (nSPS) is 27.6. The monoisotopic (exact) mass is 449 g/mol. The lowest BCUT2D eigenvalue weighted by molar-refractivity contribution is -0.162. The molecule has 2 fully saturated rings. The van der Waals surface area contributed by atoms with Crippen LogP contribution in [-0.4, -0.2) is 54.7 Å². The molecule has 0 spiro atoms. The number of aliphatic hydroxyl groups is 1. The van der Waals surface area contributed by atoms with Gasteiger partial charge in [-0.15, -0.1) is 5.10 Å². The van der Waals surface area contributed by atoms with E-state index in [1.165, 1.54) is 0 Å². The van der Waals surface area contributed by atoms with E-state index in [0.29, 0.717) is 34.7 Å². The Morgan fingerprint density at radius 1 is 1.17 bits per heavy atom. The second kappa shape index (κ2) is 7.39. The van der Waals surface area contributed by atoms with Crippen molar-refractivity contribution < 1.29 is 14.6 Å². The number of ether oxygens (including phenoxy) is 2. The molecule has 1 N–H and O–H groups in total. The van der Waals surface area contributed by atoms with Gasteiger partial charge in [-0.3, -0.25) is 0 Å². The summed E-state index contributed by atoms with van der Waals surface area (Å²) in [5, 5.41) is 19.3. The number of hydrogen-bond acceptors (Lipinski definition) is 7. The molecule has 3 heterocycles. The van der Waals surface area contributed by atoms with Crippen LogP contribution in [0.4, 0.5) is 0 Å². The summed E-state index contributed by atoms with van der Waals surface area (Å²) < 4.78 is 13.9. The molecule has 0 unspecified atom stereocenters. The summed E-state index contributed by atoms with van der Waals surface area (Å²) in [7, 11) is 0. The fraction of sp³-hybridized carbons (Fsp3) is 0.500. The van der Waals surface area contributed by atoms with Gasteiger partial charge < -0.3 is 14.6 Å². The summed E-state index contributed by atoms with van der Waals surface area (Å²) in [6.07, 6.45) is 0.624. The molecule has 4 atom stereocenters. The van der Waals surface area contributed by atoms with Crippen molar-refractivity contribution in [1.82, 2.24) is 25.0 Å². The maximum atomic E-state index is 9.85. The number of hydrogen-bond donors (Lipinski definition) is 1. The minimum Gasteiger partial charge on any atom is -0.396 e. The van der Waals surface area contributed by atoms with Crippen molar-refractivity contribution in [2.24, 2.45) is 5.92 Å². The second-order valence-electron chi connectivity index (χ2n) is 8.22. The van der Waals surface area contributed by atoms with E-state index < -0.39 is 5.79 Å². The zero-order valence-corrected chi connectivity index (χ0v) is 18.0. The standard InChI is InChI=1S/C20H21Cl2N5O3/c1-20(2)29-16-11(9-28)8-14(17(16)30-20)27-18-15(25-26-27)13(23-19(22)24-18)7-10-5-3-4-6-12(10)21/h3-6,11,14,16-17,28H,7-9H2,1-2H3/t11-,14-,16-,17+/m1/s1. The molecule has 1 aliphatic heterocycles. The maximum absolute atomic E-state index is 9.85. The first-order valence-electron chi connectivity index (χ1n) is 9.83. The zero-order valence-electron chi connectivity index (χ0n) is 16.5. The van der Waals surface area contributed by atoms with Crippen molar-refractivity contribution in [3.8, 4) is 0 Å². The van der Waals surface area contributed by atoms with Gasteiger partial charge in [-0.1, -0.05) is 35.0 Å². The third-order valence-electron chi connectivity index (χ3n) is 5.78. The third kappa shape index (κ3) is 3.36. The van der Waals surface area contributed by atoms with E-state index in [1.54, 1.807) is 4.68 Å². The predicted molar refractivity (Wildman–Crippen MR) is 110 cm³/mol. The molecule has 0 bridgehead atoms. The average molecular weight is 450 g/mol. The molecule has 1 aromatic carbocycles. The lowest BCUT2D eigenvalue weighted by Gasteiger charge is -2.23. The van der Waals surface area contributed by atoms with E-state index in [4.69, 9.17) is 32.7 Å². The highest BCUT2D eigenvalue weighted by Crippen LogP contribution is 2.47. The number of nitrogens with zero attached hydrogens (tertiary/aromatic N) is 5. The molecule has 2 aromatic heterocycles. The van der Waals surface area contributed by atoms with Crippen molar-refractivity contribution >= 4 is 34.4 Å². The van der Waals surface area contributed by atoms with Crippen LogP contribution in [0.1, 0.15) is 37.6 Å². The van der Waals surface area contributed by atoms with Gasteiger partial charge in [0.1, 0.15) is 6.10 Å². The van der Waals surface area contributed by atoms with Gasteiger partial charge in [-0.05, 0) is 43.5 Å². The van der Waals surface area contributed by atoms with Gasteiger partial charge >= 0.3 is 0 Å². The van der Waals surface area contributed by atoms with Gasteiger partial charge in [0.2, 0.25) is 5.28 Å². The van der Waals surface area contributed by atoms with Crippen molar-refractivity contribution in [2.45, 2.75) is 50.7 Å². The van der Waals surface area contributed by atoms with Crippen molar-refractivity contribution in [3.05, 3.63) is 45.8 Å². The fourth-order valence-corrected chi connectivity index (χ4v) is 4.88. The Hall–Kier alpha value is -1.84. The Morgan fingerprint density at radius 2 is 1.93 bits per heavy atom. The van der Waals surface area contributed by atoms with Crippen LogP contribution < -0.4 is 0 Å². The van der Waals surface area contributed by atoms with Gasteiger partial charge in [0.25, 0.3) is 0 Å². The van der Waals surface area contributed by atoms with Crippen LogP contribution in [-0.2, 0) is 15.9 Å². The van der Waals surface area contributed by atoms with Crippen LogP contribution in [0, 0.1) is 5.92 Å². The Labute approximate surface area is 183 Å². The van der Waals surface area contributed by atoms with Gasteiger partial charge in [0, 0.05) is 24.0 Å². The Morgan fingerprint density at radius 3 is 2.70 bits per heavy atom. The fourth-order valence-electron chi connectivity index (χ4n) is 4.50. The maximum Gasteiger partial charge on any atom is 0.224 e. The first-order chi connectivity index (χ1) is 14.4. The van der Waals surface area contributed by atoms with Gasteiger partial charge in [-0.2, -0.15) is 4.98 Å². The summed E-state index contributed by atoms with van der Waals surface area (Å²) >= 11 is 12.6. The Bertz CT molecular complexity index is 1110. The lowest BCUT2D eigenvalue weighted by atomic mass is 10.1. The van der Waals surface area contributed by atoms with Gasteiger partial charge in [0.15, 0.2) is 17.0 Å². The van der Waals surface area contributed by atoms with E-state index in [0.717, 1.165) is 5.56 Å². The van der Waals surface area contributed by atoms with Crippen LogP contribution in [0.5, 0.6) is 0 Å². The van der Waals surface area contributed by atoms with E-state index in [2.05, 4.69) is 20.3 Å². The van der Waals surface area contributed by atoms with E-state index in [-0.39, 0.29) is 36.1 Å². The molecule has 8 nitrogen and oxygen atoms in total. The van der Waals surface area contributed by atoms with Crippen molar-refractivity contribution in [3.63, 3.8) is 0 Å². The number of fused-ring (bicyclic) bond motifs is 2. The summed E-state index contributed by atoms with van der Waals surface area (Å²) in [6.45, 7) is 3.76. The molecule has 158 valence electrons. The summed E-state index contributed by atoms with van der Waals surface area (Å²) in [5.41, 5.74) is 2.68. The summed E-state index contributed by atoms with van der Waals surface area (Å²) in [4.78, 5) is 8.79. The molecular formula is C20H21Cl2N5O3. The van der Waals surface area contributed by atoms with E-state index in [9.17, 15) is 5.11 Å². The molecular weight excluding hydrogens is 429 g/mol. The molecule has 1 aliphatic carbocycles. The number of aliphatic hydroxyl groups excluding tert-OH is 1. The van der Waals surface area contributed by atoms with Crippen LogP contribution in [0.25, 0.3) is 11.2 Å². The van der Waals surface area contributed by atoms with Crippen LogP contribution in [0.2, 0.25) is 10.3 Å². The highest BCUT2D eigenvalue weighted by atomic mass is 35.5. The second-order valence-corrected chi connectivity index (χ2v) is 8.97. The molecule has 3 aromatic rings. The summed E-state index contributed by atoms with van der Waals surface area (Å²) in [5.74, 6) is -0.777. The number of rotatable bonds is 4. The quantitative estimate of drug-likeness (QED) is 0.610. The van der Waals surface area contributed by atoms with Gasteiger partial charge in [-0.25, -0.2) is 9.67 Å². The van der Waals surface area contributed by atoms with Crippen LogP contribution in [0.3, 0.4) is 0 Å². The number of benzene rings is 1. The first-order valence-corrected chi connectivity index (χ1v) is 10.6. The highest BCUT2D eigenvalue weighted by Gasteiger charge is 2.55. The van der Waals surface area contributed by atoms with Crippen molar-refractivity contribution in [1.29, 1.82) is 0 Å². The average Bonchev–Trinajstić information content (AvgIpc) is 3.34. The summed E-state index contributed by atoms with van der Waals surface area (Å²) in [6, 6.07) is 7.39. The molecule has 30 heavy (non-hydrogen) atoms. The number of halogens is 2. The highest BCUT2D eigenvalue weighted by molar-refractivity contribution is 6.31. The Kier molecular flexibility index (Phi) is 4.95. The predicted octanol–water partition coefficient (Wildman–Crippen LogP) is 3.19. The Balaban J connectivity index is 1.55. The molecule has 0 radical (unpaired) electrons. The lowest BCUT2D eigenvalue weighted by Crippen LogP contribution is -2.28. The zero-order chi connectivity index (χ0) is 21.0. The van der Waals surface area contributed by atoms with Crippen LogP contribution in [0.15, 0.2) is 24.3 Å². The van der Waals surface area contributed by atoms with E-state index >= 15 is 0 Å². The SMILES string of the molecule is CC1(C)O[C@@H]2[C@@H](CO)C[C@@H](n3nnc4c(Cc5ccccc5Cl)nc(Cl)nc43)[C@@H]2O1. The minimum absolute atomic E-state index is 0.0111. The third-order valence-corrected chi connectivity index (χ3v) is 6.32.